The topological polar surface area (TPSA) is 67.4 Å². The third-order valence-corrected chi connectivity index (χ3v) is 3.94. The zero-order valence-electron chi connectivity index (χ0n) is 13.0. The van der Waals surface area contributed by atoms with Crippen molar-refractivity contribution in [2.45, 2.75) is 11.8 Å². The highest BCUT2D eigenvalue weighted by molar-refractivity contribution is 8.00. The van der Waals surface area contributed by atoms with E-state index in [4.69, 9.17) is 4.74 Å². The summed E-state index contributed by atoms with van der Waals surface area (Å²) in [5.41, 5.74) is 5.64. The van der Waals surface area contributed by atoms with Crippen LogP contribution in [0.4, 0.5) is 4.39 Å². The summed E-state index contributed by atoms with van der Waals surface area (Å²) in [6, 6.07) is 13.5. The number of hydrazine groups is 1. The van der Waals surface area contributed by atoms with Crippen LogP contribution in [0.25, 0.3) is 0 Å². The molecular weight excluding hydrogens is 331 g/mol. The van der Waals surface area contributed by atoms with E-state index >= 15 is 0 Å². The van der Waals surface area contributed by atoms with E-state index in [0.717, 1.165) is 10.5 Å². The van der Waals surface area contributed by atoms with Crippen molar-refractivity contribution in [1.29, 1.82) is 0 Å². The standard InChI is InChI=1S/C17H17FN2O3S/c1-12-6-8-13(9-7-12)24-11-17(22)20-19-16(21)10-23-15-5-3-2-4-14(15)18/h2-9H,10-11H2,1H3,(H,19,21)(H,20,22). The van der Waals surface area contributed by atoms with E-state index < -0.39 is 18.3 Å². The molecule has 0 aliphatic rings. The van der Waals surface area contributed by atoms with Crippen molar-refractivity contribution in [2.75, 3.05) is 12.4 Å². The number of benzene rings is 2. The summed E-state index contributed by atoms with van der Waals surface area (Å²) >= 11 is 1.36. The van der Waals surface area contributed by atoms with Crippen molar-refractivity contribution >= 4 is 23.6 Å². The second-order valence-electron chi connectivity index (χ2n) is 4.92. The molecule has 0 saturated carbocycles. The number of carbonyl (C=O) groups excluding carboxylic acids is 2. The maximum atomic E-state index is 13.3. The van der Waals surface area contributed by atoms with Gasteiger partial charge in [0.15, 0.2) is 18.2 Å². The van der Waals surface area contributed by atoms with Crippen LogP contribution in [0.15, 0.2) is 53.4 Å². The number of aryl methyl sites for hydroxylation is 1. The van der Waals surface area contributed by atoms with Gasteiger partial charge in [0, 0.05) is 4.90 Å². The molecule has 5 nitrogen and oxygen atoms in total. The molecule has 24 heavy (non-hydrogen) atoms. The van der Waals surface area contributed by atoms with Gasteiger partial charge < -0.3 is 4.74 Å². The summed E-state index contributed by atoms with van der Waals surface area (Å²) in [6.07, 6.45) is 0. The van der Waals surface area contributed by atoms with Gasteiger partial charge in [-0.15, -0.1) is 11.8 Å². The maximum Gasteiger partial charge on any atom is 0.276 e. The van der Waals surface area contributed by atoms with E-state index in [-0.39, 0.29) is 17.4 Å². The van der Waals surface area contributed by atoms with Gasteiger partial charge >= 0.3 is 0 Å². The number of nitrogens with one attached hydrogen (secondary N) is 2. The number of para-hydroxylation sites is 1. The van der Waals surface area contributed by atoms with E-state index in [9.17, 15) is 14.0 Å². The molecule has 0 saturated heterocycles. The molecular formula is C17H17FN2O3S. The predicted octanol–water partition coefficient (Wildman–Crippen LogP) is 2.45. The first kappa shape index (κ1) is 17.8. The van der Waals surface area contributed by atoms with Gasteiger partial charge in [-0.25, -0.2) is 4.39 Å². The summed E-state index contributed by atoms with van der Waals surface area (Å²) in [4.78, 5) is 24.2. The first-order valence-electron chi connectivity index (χ1n) is 7.19. The van der Waals surface area contributed by atoms with Gasteiger partial charge in [0.1, 0.15) is 0 Å². The molecule has 0 fully saturated rings. The minimum absolute atomic E-state index is 0.0195. The summed E-state index contributed by atoms with van der Waals surface area (Å²) in [7, 11) is 0. The van der Waals surface area contributed by atoms with Gasteiger partial charge in [-0.1, -0.05) is 29.8 Å². The molecule has 2 aromatic carbocycles. The smallest absolute Gasteiger partial charge is 0.276 e. The Balaban J connectivity index is 1.66. The zero-order chi connectivity index (χ0) is 17.4. The summed E-state index contributed by atoms with van der Waals surface area (Å²) in [6.45, 7) is 1.59. The number of hydrogen-bond donors (Lipinski definition) is 2. The van der Waals surface area contributed by atoms with E-state index in [1.54, 1.807) is 6.07 Å². The second-order valence-corrected chi connectivity index (χ2v) is 5.97. The van der Waals surface area contributed by atoms with E-state index in [1.807, 2.05) is 31.2 Å². The molecule has 0 heterocycles. The first-order valence-corrected chi connectivity index (χ1v) is 8.17. The minimum Gasteiger partial charge on any atom is -0.481 e. The van der Waals surface area contributed by atoms with Crippen molar-refractivity contribution in [3.8, 4) is 5.75 Å². The molecule has 0 unspecified atom stereocenters. The SMILES string of the molecule is Cc1ccc(SCC(=O)NNC(=O)COc2ccccc2F)cc1. The van der Waals surface area contributed by atoms with Gasteiger partial charge in [0.2, 0.25) is 5.91 Å². The second kappa shape index (κ2) is 8.93. The van der Waals surface area contributed by atoms with Crippen LogP contribution in [0.3, 0.4) is 0 Å². The molecule has 0 aliphatic carbocycles. The first-order chi connectivity index (χ1) is 11.5. The largest absolute Gasteiger partial charge is 0.481 e. The number of ether oxygens (including phenoxy) is 1. The molecule has 0 spiro atoms. The highest BCUT2D eigenvalue weighted by Gasteiger charge is 2.08. The normalized spacial score (nSPS) is 10.1. The van der Waals surface area contributed by atoms with E-state index in [1.165, 1.54) is 30.0 Å². The van der Waals surface area contributed by atoms with E-state index in [0.29, 0.717) is 0 Å². The Labute approximate surface area is 143 Å². The van der Waals surface area contributed by atoms with Gasteiger partial charge in [0.05, 0.1) is 5.75 Å². The van der Waals surface area contributed by atoms with Gasteiger partial charge in [0.25, 0.3) is 5.91 Å². The van der Waals surface area contributed by atoms with Crippen LogP contribution < -0.4 is 15.6 Å². The lowest BCUT2D eigenvalue weighted by molar-refractivity contribution is -0.128. The van der Waals surface area contributed by atoms with Crippen LogP contribution >= 0.6 is 11.8 Å². The molecule has 2 aromatic rings. The maximum absolute atomic E-state index is 13.3. The fourth-order valence-corrected chi connectivity index (χ4v) is 2.40. The van der Waals surface area contributed by atoms with Crippen molar-refractivity contribution in [2.24, 2.45) is 0 Å². The number of hydrogen-bond acceptors (Lipinski definition) is 4. The molecule has 2 amide bonds. The summed E-state index contributed by atoms with van der Waals surface area (Å²) in [5, 5.41) is 0. The molecule has 0 aliphatic heterocycles. The molecule has 0 bridgehead atoms. The number of amides is 2. The summed E-state index contributed by atoms with van der Waals surface area (Å²) < 4.78 is 18.3. The Bertz CT molecular complexity index is 707. The van der Waals surface area contributed by atoms with Crippen molar-refractivity contribution in [3.63, 3.8) is 0 Å². The van der Waals surface area contributed by atoms with Crippen LogP contribution in [0.2, 0.25) is 0 Å². The lowest BCUT2D eigenvalue weighted by Crippen LogP contribution is -2.44. The molecule has 0 radical (unpaired) electrons. The fraction of sp³-hybridized carbons (Fsp3) is 0.176. The summed E-state index contributed by atoms with van der Waals surface area (Å²) in [5.74, 6) is -1.33. The number of carbonyl (C=O) groups is 2. The zero-order valence-corrected chi connectivity index (χ0v) is 13.9. The highest BCUT2D eigenvalue weighted by atomic mass is 32.2. The third kappa shape index (κ3) is 5.92. The average Bonchev–Trinajstić information content (AvgIpc) is 2.58. The van der Waals surface area contributed by atoms with Gasteiger partial charge in [-0.3, -0.25) is 20.4 Å². The van der Waals surface area contributed by atoms with Crippen LogP contribution in [0.1, 0.15) is 5.56 Å². The molecule has 126 valence electrons. The van der Waals surface area contributed by atoms with Crippen LogP contribution in [-0.4, -0.2) is 24.2 Å². The quantitative estimate of drug-likeness (QED) is 0.622. The molecule has 7 heteroatoms. The molecule has 2 rings (SSSR count). The Morgan fingerprint density at radius 1 is 1.04 bits per heavy atom. The van der Waals surface area contributed by atoms with Gasteiger partial charge in [-0.2, -0.15) is 0 Å². The lowest BCUT2D eigenvalue weighted by atomic mass is 10.2. The fourth-order valence-electron chi connectivity index (χ4n) is 1.70. The van der Waals surface area contributed by atoms with Crippen LogP contribution in [0.5, 0.6) is 5.75 Å². The number of rotatable bonds is 6. The Morgan fingerprint density at radius 3 is 2.42 bits per heavy atom. The van der Waals surface area contributed by atoms with Crippen molar-refractivity contribution in [1.82, 2.24) is 10.9 Å². The Hall–Kier alpha value is -2.54. The highest BCUT2D eigenvalue weighted by Crippen LogP contribution is 2.17. The number of thioether (sulfide) groups is 1. The van der Waals surface area contributed by atoms with Gasteiger partial charge in [-0.05, 0) is 31.2 Å². The lowest BCUT2D eigenvalue weighted by Gasteiger charge is -2.09. The predicted molar refractivity (Wildman–Crippen MR) is 90.1 cm³/mol. The van der Waals surface area contributed by atoms with Crippen molar-refractivity contribution in [3.05, 3.63) is 59.9 Å². The molecule has 2 N–H and O–H groups in total. The Morgan fingerprint density at radius 2 is 1.71 bits per heavy atom. The molecule has 0 aromatic heterocycles. The van der Waals surface area contributed by atoms with Crippen molar-refractivity contribution < 1.29 is 18.7 Å². The van der Waals surface area contributed by atoms with E-state index in [2.05, 4.69) is 10.9 Å². The van der Waals surface area contributed by atoms with Crippen LogP contribution in [0, 0.1) is 12.7 Å². The molecule has 0 atom stereocenters. The monoisotopic (exact) mass is 348 g/mol. The average molecular weight is 348 g/mol. The number of halogens is 1. The van der Waals surface area contributed by atoms with Crippen LogP contribution in [-0.2, 0) is 9.59 Å². The third-order valence-electron chi connectivity index (χ3n) is 2.93. The minimum atomic E-state index is -0.577. The Kier molecular flexibility index (Phi) is 6.62.